The second kappa shape index (κ2) is 9.50. The zero-order valence-corrected chi connectivity index (χ0v) is 18.1. The second-order valence-electron chi connectivity index (χ2n) is 7.17. The summed E-state index contributed by atoms with van der Waals surface area (Å²) in [6, 6.07) is 17.9. The van der Waals surface area contributed by atoms with Crippen molar-refractivity contribution >= 4 is 16.7 Å². The van der Waals surface area contributed by atoms with Crippen LogP contribution >= 0.6 is 0 Å². The molecule has 3 rings (SSSR count). The van der Waals surface area contributed by atoms with Gasteiger partial charge in [0.25, 0.3) is 5.91 Å². The van der Waals surface area contributed by atoms with E-state index in [4.69, 9.17) is 14.2 Å². The Morgan fingerprint density at radius 2 is 1.57 bits per heavy atom. The number of benzene rings is 3. The molecule has 0 aliphatic rings. The van der Waals surface area contributed by atoms with Crippen LogP contribution in [0.4, 0.5) is 0 Å². The summed E-state index contributed by atoms with van der Waals surface area (Å²) in [5.41, 5.74) is 1.61. The molecule has 3 aromatic rings. The number of rotatable bonds is 8. The Balaban J connectivity index is 1.86. The number of nitrogens with one attached hydrogen (secondary N) is 1. The van der Waals surface area contributed by atoms with E-state index in [0.717, 1.165) is 0 Å². The molecule has 0 unspecified atom stereocenters. The lowest BCUT2D eigenvalue weighted by molar-refractivity contribution is 0.0941. The Labute approximate surface area is 177 Å². The summed E-state index contributed by atoms with van der Waals surface area (Å²) < 4.78 is 16.0. The standard InChI is InChI=1S/C24H28N2O4/c1-26(2)20(19-12-8-10-16-9-6-7-11-18(16)19)15-25-24(27)17-13-21(28-3)23(30-5)22(14-17)29-4/h6-14,20H,15H2,1-5H3,(H,25,27)/t20-/m0/s1. The minimum absolute atomic E-state index is 0.0158. The fourth-order valence-corrected chi connectivity index (χ4v) is 3.62. The minimum Gasteiger partial charge on any atom is -0.493 e. The van der Waals surface area contributed by atoms with Crippen molar-refractivity contribution in [2.75, 3.05) is 42.0 Å². The Morgan fingerprint density at radius 3 is 2.17 bits per heavy atom. The van der Waals surface area contributed by atoms with E-state index in [0.29, 0.717) is 29.4 Å². The van der Waals surface area contributed by atoms with Crippen LogP contribution in [0.5, 0.6) is 17.2 Å². The van der Waals surface area contributed by atoms with Gasteiger partial charge in [-0.1, -0.05) is 42.5 Å². The van der Waals surface area contributed by atoms with E-state index >= 15 is 0 Å². The van der Waals surface area contributed by atoms with Crippen LogP contribution in [-0.4, -0.2) is 52.8 Å². The summed E-state index contributed by atoms with van der Waals surface area (Å²) in [6.07, 6.45) is 0. The largest absolute Gasteiger partial charge is 0.493 e. The van der Waals surface area contributed by atoms with E-state index in [9.17, 15) is 4.79 Å². The normalized spacial score (nSPS) is 11.9. The maximum absolute atomic E-state index is 12.9. The molecule has 0 aromatic heterocycles. The van der Waals surface area contributed by atoms with Crippen molar-refractivity contribution in [3.8, 4) is 17.2 Å². The number of carbonyl (C=O) groups excluding carboxylic acids is 1. The number of nitrogens with zero attached hydrogens (tertiary/aromatic N) is 1. The lowest BCUT2D eigenvalue weighted by Gasteiger charge is -2.26. The molecule has 3 aromatic carbocycles. The van der Waals surface area contributed by atoms with Crippen molar-refractivity contribution in [1.82, 2.24) is 10.2 Å². The lowest BCUT2D eigenvalue weighted by Crippen LogP contribution is -2.34. The van der Waals surface area contributed by atoms with Crippen molar-refractivity contribution in [1.29, 1.82) is 0 Å². The lowest BCUT2D eigenvalue weighted by atomic mass is 9.98. The quantitative estimate of drug-likeness (QED) is 0.613. The van der Waals surface area contributed by atoms with Crippen molar-refractivity contribution in [2.45, 2.75) is 6.04 Å². The molecule has 0 bridgehead atoms. The van der Waals surface area contributed by atoms with Crippen LogP contribution in [0.3, 0.4) is 0 Å². The van der Waals surface area contributed by atoms with Gasteiger partial charge in [0.05, 0.1) is 27.4 Å². The first-order chi connectivity index (χ1) is 14.5. The zero-order valence-electron chi connectivity index (χ0n) is 18.1. The van der Waals surface area contributed by atoms with Gasteiger partial charge in [-0.15, -0.1) is 0 Å². The highest BCUT2D eigenvalue weighted by atomic mass is 16.5. The molecule has 0 aliphatic heterocycles. The molecule has 0 aliphatic carbocycles. The molecule has 6 heteroatoms. The third-order valence-electron chi connectivity index (χ3n) is 5.19. The maximum Gasteiger partial charge on any atom is 0.251 e. The van der Waals surface area contributed by atoms with Crippen LogP contribution in [0.25, 0.3) is 10.8 Å². The minimum atomic E-state index is -0.207. The molecule has 0 saturated heterocycles. The molecular formula is C24H28N2O4. The number of ether oxygens (including phenoxy) is 3. The Hall–Kier alpha value is -3.25. The van der Waals surface area contributed by atoms with Gasteiger partial charge in [0.2, 0.25) is 5.75 Å². The highest BCUT2D eigenvalue weighted by Gasteiger charge is 2.20. The molecule has 0 spiro atoms. The number of hydrogen-bond donors (Lipinski definition) is 1. The fourth-order valence-electron chi connectivity index (χ4n) is 3.62. The SMILES string of the molecule is COc1cc(C(=O)NC[C@@H](c2cccc3ccccc23)N(C)C)cc(OC)c1OC. The molecule has 1 amide bonds. The van der Waals surface area contributed by atoms with E-state index in [1.165, 1.54) is 37.7 Å². The van der Waals surface area contributed by atoms with E-state index in [1.54, 1.807) is 12.1 Å². The van der Waals surface area contributed by atoms with Gasteiger partial charge in [-0.2, -0.15) is 0 Å². The van der Waals surface area contributed by atoms with Crippen LogP contribution in [-0.2, 0) is 0 Å². The van der Waals surface area contributed by atoms with Gasteiger partial charge in [0.1, 0.15) is 0 Å². The number of amides is 1. The summed E-state index contributed by atoms with van der Waals surface area (Å²) in [7, 11) is 8.62. The molecule has 6 nitrogen and oxygen atoms in total. The fraction of sp³-hybridized carbons (Fsp3) is 0.292. The van der Waals surface area contributed by atoms with Gasteiger partial charge in [0.15, 0.2) is 11.5 Å². The average molecular weight is 408 g/mol. The summed E-state index contributed by atoms with van der Waals surface area (Å²) in [5, 5.41) is 5.41. The summed E-state index contributed by atoms with van der Waals surface area (Å²) >= 11 is 0. The number of likely N-dealkylation sites (N-methyl/N-ethyl adjacent to an activating group) is 1. The second-order valence-corrected chi connectivity index (χ2v) is 7.17. The molecule has 0 radical (unpaired) electrons. The van der Waals surface area contributed by atoms with Gasteiger partial charge < -0.3 is 24.4 Å². The maximum atomic E-state index is 12.9. The first kappa shape index (κ1) is 21.5. The van der Waals surface area contributed by atoms with Crippen molar-refractivity contribution in [3.05, 3.63) is 65.7 Å². The number of carbonyl (C=O) groups is 1. The Bertz CT molecular complexity index is 1000. The molecule has 0 heterocycles. The van der Waals surface area contributed by atoms with E-state index in [-0.39, 0.29) is 11.9 Å². The van der Waals surface area contributed by atoms with Gasteiger partial charge >= 0.3 is 0 Å². The summed E-state index contributed by atoms with van der Waals surface area (Å²) in [6.45, 7) is 0.455. The predicted molar refractivity (Wildman–Crippen MR) is 119 cm³/mol. The van der Waals surface area contributed by atoms with Gasteiger partial charge in [-0.05, 0) is 42.6 Å². The average Bonchev–Trinajstić information content (AvgIpc) is 2.77. The van der Waals surface area contributed by atoms with Crippen LogP contribution in [0.15, 0.2) is 54.6 Å². The topological polar surface area (TPSA) is 60.0 Å². The number of methoxy groups -OCH3 is 3. The summed E-state index contributed by atoms with van der Waals surface area (Å²) in [5.74, 6) is 1.14. The third-order valence-corrected chi connectivity index (χ3v) is 5.19. The molecule has 0 fully saturated rings. The Morgan fingerprint density at radius 1 is 0.933 bits per heavy atom. The third kappa shape index (κ3) is 4.33. The highest BCUT2D eigenvalue weighted by molar-refractivity contribution is 5.95. The predicted octanol–water partition coefficient (Wildman–Crippen LogP) is 3.90. The van der Waals surface area contributed by atoms with Gasteiger partial charge in [-0.25, -0.2) is 0 Å². The molecular weight excluding hydrogens is 380 g/mol. The first-order valence-corrected chi connectivity index (χ1v) is 9.72. The first-order valence-electron chi connectivity index (χ1n) is 9.72. The van der Waals surface area contributed by atoms with Crippen LogP contribution < -0.4 is 19.5 Å². The van der Waals surface area contributed by atoms with Crippen LogP contribution in [0, 0.1) is 0 Å². The van der Waals surface area contributed by atoms with Gasteiger partial charge in [-0.3, -0.25) is 4.79 Å². The molecule has 1 atom stereocenters. The highest BCUT2D eigenvalue weighted by Crippen LogP contribution is 2.38. The molecule has 30 heavy (non-hydrogen) atoms. The number of hydrogen-bond acceptors (Lipinski definition) is 5. The van der Waals surface area contributed by atoms with Crippen LogP contribution in [0.2, 0.25) is 0 Å². The van der Waals surface area contributed by atoms with E-state index < -0.39 is 0 Å². The van der Waals surface area contributed by atoms with E-state index in [2.05, 4.69) is 40.5 Å². The van der Waals surface area contributed by atoms with Crippen molar-refractivity contribution < 1.29 is 19.0 Å². The van der Waals surface area contributed by atoms with Crippen LogP contribution in [0.1, 0.15) is 22.0 Å². The Kier molecular flexibility index (Phi) is 6.79. The number of fused-ring (bicyclic) bond motifs is 1. The van der Waals surface area contributed by atoms with Crippen molar-refractivity contribution in [2.24, 2.45) is 0 Å². The van der Waals surface area contributed by atoms with Crippen molar-refractivity contribution in [3.63, 3.8) is 0 Å². The zero-order chi connectivity index (χ0) is 21.7. The monoisotopic (exact) mass is 408 g/mol. The smallest absolute Gasteiger partial charge is 0.251 e. The molecule has 158 valence electrons. The molecule has 0 saturated carbocycles. The molecule has 1 N–H and O–H groups in total. The van der Waals surface area contributed by atoms with E-state index in [1.807, 2.05) is 26.2 Å². The summed E-state index contributed by atoms with van der Waals surface area (Å²) in [4.78, 5) is 15.0. The van der Waals surface area contributed by atoms with Gasteiger partial charge in [0, 0.05) is 12.1 Å².